The molecule has 1 aliphatic heterocycles. The van der Waals surface area contributed by atoms with Crippen LogP contribution in [0.5, 0.6) is 0 Å². The third-order valence-corrected chi connectivity index (χ3v) is 4.64. The van der Waals surface area contributed by atoms with E-state index in [2.05, 4.69) is 9.98 Å². The highest BCUT2D eigenvalue weighted by Crippen LogP contribution is 2.31. The molecule has 0 saturated carbocycles. The fraction of sp³-hybridized carbons (Fsp3) is 0.700. The number of primary amides is 1. The minimum Gasteiger partial charge on any atom is -0.359 e. The summed E-state index contributed by atoms with van der Waals surface area (Å²) in [5.74, 6) is 0. The molecule has 2 amide bonds. The van der Waals surface area contributed by atoms with Crippen molar-refractivity contribution < 1.29 is 19.1 Å². The lowest BCUT2D eigenvalue weighted by Crippen LogP contribution is -2.55. The minimum absolute atomic E-state index is 0.103. The van der Waals surface area contributed by atoms with Crippen LogP contribution < -0.4 is 5.73 Å². The Bertz CT molecular complexity index is 425. The average Bonchev–Trinajstić information content (AvgIpc) is 2.28. The molecule has 1 rings (SSSR count). The van der Waals surface area contributed by atoms with Crippen molar-refractivity contribution in [2.24, 2.45) is 15.7 Å². The summed E-state index contributed by atoms with van der Waals surface area (Å²) >= 11 is 0. The summed E-state index contributed by atoms with van der Waals surface area (Å²) in [4.78, 5) is 39.6. The normalized spacial score (nSPS) is 26.2. The molecule has 0 radical (unpaired) electrons. The van der Waals surface area contributed by atoms with Gasteiger partial charge in [-0.1, -0.05) is 13.1 Å². The SMILES string of the molecule is C[SiH](C)N(C(N)=O)C1CC(N=C=O)(N=C=O)CCO1. The van der Waals surface area contributed by atoms with Crippen LogP contribution in [0.25, 0.3) is 0 Å². The van der Waals surface area contributed by atoms with E-state index in [0.717, 1.165) is 0 Å². The van der Waals surface area contributed by atoms with E-state index in [1.54, 1.807) is 0 Å². The lowest BCUT2D eigenvalue weighted by molar-refractivity contribution is -0.0617. The van der Waals surface area contributed by atoms with Gasteiger partial charge in [0.05, 0.1) is 6.61 Å². The number of amides is 2. The molecule has 1 heterocycles. The summed E-state index contributed by atoms with van der Waals surface area (Å²) in [7, 11) is -1.56. The summed E-state index contributed by atoms with van der Waals surface area (Å²) in [5, 5.41) is 0. The molecule has 2 N–H and O–H groups in total. The number of ether oxygens (including phenoxy) is 1. The number of hydrogen-bond donors (Lipinski definition) is 1. The average molecular weight is 284 g/mol. The maximum absolute atomic E-state index is 11.5. The van der Waals surface area contributed by atoms with E-state index >= 15 is 0 Å². The molecule has 0 aromatic carbocycles. The highest BCUT2D eigenvalue weighted by Gasteiger charge is 2.41. The van der Waals surface area contributed by atoms with Crippen molar-refractivity contribution in [3.63, 3.8) is 0 Å². The maximum Gasteiger partial charge on any atom is 0.308 e. The summed E-state index contributed by atoms with van der Waals surface area (Å²) in [5.41, 5.74) is 4.08. The van der Waals surface area contributed by atoms with Crippen LogP contribution in [0.1, 0.15) is 12.8 Å². The monoisotopic (exact) mass is 284 g/mol. The van der Waals surface area contributed by atoms with Crippen molar-refractivity contribution >= 4 is 27.1 Å². The molecule has 1 unspecified atom stereocenters. The maximum atomic E-state index is 11.5. The fourth-order valence-corrected chi connectivity index (χ4v) is 3.47. The van der Waals surface area contributed by atoms with E-state index in [0.29, 0.717) is 0 Å². The molecular formula is C10H16N4O4Si. The zero-order chi connectivity index (χ0) is 14.5. The third-order valence-electron chi connectivity index (χ3n) is 2.94. The van der Waals surface area contributed by atoms with Crippen LogP contribution in [0, 0.1) is 0 Å². The van der Waals surface area contributed by atoms with Crippen molar-refractivity contribution in [2.45, 2.75) is 37.8 Å². The Hall–Kier alpha value is -1.79. The lowest BCUT2D eigenvalue weighted by atomic mass is 10.00. The van der Waals surface area contributed by atoms with Gasteiger partial charge >= 0.3 is 6.03 Å². The Balaban J connectivity index is 3.02. The van der Waals surface area contributed by atoms with Gasteiger partial charge in [-0.3, -0.25) is 0 Å². The van der Waals surface area contributed by atoms with E-state index in [9.17, 15) is 14.4 Å². The molecule has 1 saturated heterocycles. The van der Waals surface area contributed by atoms with Crippen molar-refractivity contribution in [1.29, 1.82) is 0 Å². The standard InChI is InChI=1S/C10H16N4O4Si/c1-19(2)14(9(11)17)8-5-10(12-6-15,13-7-16)3-4-18-8/h8,19H,3-5H2,1-2H3,(H2,11,17). The predicted octanol–water partition coefficient (Wildman–Crippen LogP) is -0.145. The predicted molar refractivity (Wildman–Crippen MR) is 68.2 cm³/mol. The van der Waals surface area contributed by atoms with Gasteiger partial charge in [0.15, 0.2) is 5.66 Å². The third kappa shape index (κ3) is 3.58. The van der Waals surface area contributed by atoms with Crippen LogP contribution in [0.3, 0.4) is 0 Å². The topological polar surface area (TPSA) is 114 Å². The molecule has 19 heavy (non-hydrogen) atoms. The quantitative estimate of drug-likeness (QED) is 0.439. The second-order valence-electron chi connectivity index (χ2n) is 4.51. The van der Waals surface area contributed by atoms with Gasteiger partial charge in [0.1, 0.15) is 15.2 Å². The largest absolute Gasteiger partial charge is 0.359 e. The number of rotatable bonds is 4. The fourth-order valence-electron chi connectivity index (χ4n) is 2.10. The summed E-state index contributed by atoms with van der Waals surface area (Å²) in [6, 6.07) is -0.590. The van der Waals surface area contributed by atoms with Gasteiger partial charge in [-0.15, -0.1) is 0 Å². The van der Waals surface area contributed by atoms with Gasteiger partial charge < -0.3 is 15.0 Å². The minimum atomic E-state index is -1.56. The summed E-state index contributed by atoms with van der Waals surface area (Å²) in [6.07, 6.45) is 2.54. The number of aliphatic imine (C=N–C) groups is 2. The molecule has 0 bridgehead atoms. The number of nitrogens with zero attached hydrogens (tertiary/aromatic N) is 3. The molecule has 1 fully saturated rings. The first-order valence-corrected chi connectivity index (χ1v) is 8.66. The van der Waals surface area contributed by atoms with Gasteiger partial charge in [-0.2, -0.15) is 9.98 Å². The van der Waals surface area contributed by atoms with Crippen LogP contribution >= 0.6 is 0 Å². The highest BCUT2D eigenvalue weighted by atomic mass is 28.3. The molecule has 1 aliphatic rings. The van der Waals surface area contributed by atoms with Crippen LogP contribution in [0.4, 0.5) is 4.79 Å². The molecule has 0 aliphatic carbocycles. The number of carbonyl (C=O) groups is 1. The molecule has 104 valence electrons. The first kappa shape index (κ1) is 15.3. The van der Waals surface area contributed by atoms with Crippen LogP contribution in [0.2, 0.25) is 13.1 Å². The van der Waals surface area contributed by atoms with E-state index in [1.807, 2.05) is 13.1 Å². The Morgan fingerprint density at radius 3 is 2.42 bits per heavy atom. The summed E-state index contributed by atoms with van der Waals surface area (Å²) in [6.45, 7) is 4.04. The number of isocyanates is 2. The second kappa shape index (κ2) is 6.40. The van der Waals surface area contributed by atoms with E-state index < -0.39 is 26.9 Å². The van der Waals surface area contributed by atoms with E-state index in [1.165, 1.54) is 16.7 Å². The van der Waals surface area contributed by atoms with Crippen molar-refractivity contribution in [1.82, 2.24) is 4.57 Å². The molecule has 0 aromatic rings. The molecule has 0 spiro atoms. The van der Waals surface area contributed by atoms with E-state index in [4.69, 9.17) is 10.5 Å². The number of nitrogens with two attached hydrogens (primary N) is 1. The molecule has 9 heteroatoms. The van der Waals surface area contributed by atoms with Gasteiger partial charge in [-0.05, 0) is 0 Å². The number of hydrogen-bond acceptors (Lipinski definition) is 6. The smallest absolute Gasteiger partial charge is 0.308 e. The number of urea groups is 1. The van der Waals surface area contributed by atoms with E-state index in [-0.39, 0.29) is 19.4 Å². The van der Waals surface area contributed by atoms with Gasteiger partial charge in [0, 0.05) is 12.8 Å². The van der Waals surface area contributed by atoms with Gasteiger partial charge in [0.2, 0.25) is 12.2 Å². The molecule has 8 nitrogen and oxygen atoms in total. The second-order valence-corrected chi connectivity index (χ2v) is 7.25. The zero-order valence-corrected chi connectivity index (χ0v) is 12.0. The van der Waals surface area contributed by atoms with Crippen molar-refractivity contribution in [3.8, 4) is 0 Å². The first-order chi connectivity index (χ1) is 8.95. The Morgan fingerprint density at radius 2 is 2.00 bits per heavy atom. The van der Waals surface area contributed by atoms with Crippen LogP contribution in [-0.2, 0) is 14.3 Å². The Kier molecular flexibility index (Phi) is 5.14. The molecular weight excluding hydrogens is 268 g/mol. The van der Waals surface area contributed by atoms with Crippen molar-refractivity contribution in [3.05, 3.63) is 0 Å². The first-order valence-electron chi connectivity index (χ1n) is 5.83. The van der Waals surface area contributed by atoms with Crippen LogP contribution in [0.15, 0.2) is 9.98 Å². The Morgan fingerprint density at radius 1 is 1.42 bits per heavy atom. The highest BCUT2D eigenvalue weighted by molar-refractivity contribution is 6.55. The Labute approximate surface area is 112 Å². The van der Waals surface area contributed by atoms with Crippen LogP contribution in [-0.4, -0.2) is 50.2 Å². The number of carbonyl (C=O) groups excluding carboxylic acids is 3. The van der Waals surface area contributed by atoms with Gasteiger partial charge in [-0.25, -0.2) is 14.4 Å². The van der Waals surface area contributed by atoms with Gasteiger partial charge in [0.25, 0.3) is 0 Å². The summed E-state index contributed by atoms with van der Waals surface area (Å²) < 4.78 is 6.94. The van der Waals surface area contributed by atoms with Crippen molar-refractivity contribution in [2.75, 3.05) is 6.61 Å². The lowest BCUT2D eigenvalue weighted by Gasteiger charge is -2.40. The molecule has 1 atom stereocenters. The zero-order valence-electron chi connectivity index (χ0n) is 10.8. The molecule has 0 aromatic heterocycles.